The van der Waals surface area contributed by atoms with Gasteiger partial charge in [-0.3, -0.25) is 9.59 Å². The summed E-state index contributed by atoms with van der Waals surface area (Å²) in [5.74, 6) is -1.32. The third-order valence-corrected chi connectivity index (χ3v) is 9.37. The molecule has 2 aliphatic rings. The van der Waals surface area contributed by atoms with Crippen molar-refractivity contribution in [3.63, 3.8) is 0 Å². The summed E-state index contributed by atoms with van der Waals surface area (Å²) in [7, 11) is -1.78. The molecule has 0 aliphatic carbocycles. The Bertz CT molecular complexity index is 1400. The minimum Gasteiger partial charge on any atom is -0.354 e. The molecule has 0 spiro atoms. The quantitative estimate of drug-likeness (QED) is 0.439. The second-order valence-corrected chi connectivity index (χ2v) is 12.1. The monoisotopic (exact) mass is 523 g/mol. The van der Waals surface area contributed by atoms with Crippen molar-refractivity contribution in [1.29, 1.82) is 0 Å². The van der Waals surface area contributed by atoms with Crippen LogP contribution in [0.2, 0.25) is 0 Å². The lowest BCUT2D eigenvalue weighted by molar-refractivity contribution is -0.125. The molecule has 10 heteroatoms. The number of aromatic nitrogens is 1. The zero-order valence-corrected chi connectivity index (χ0v) is 21.9. The van der Waals surface area contributed by atoms with Gasteiger partial charge in [-0.05, 0) is 63.7 Å². The zero-order chi connectivity index (χ0) is 26.2. The lowest BCUT2D eigenvalue weighted by Gasteiger charge is -2.23. The Morgan fingerprint density at radius 1 is 1.08 bits per heavy atom. The minimum absolute atomic E-state index is 0.000407. The molecule has 0 saturated carbocycles. The fourth-order valence-corrected chi connectivity index (χ4v) is 6.84. The third kappa shape index (κ3) is 5.27. The largest absolute Gasteiger partial charge is 0.354 e. The highest BCUT2D eigenvalue weighted by Gasteiger charge is 2.44. The van der Waals surface area contributed by atoms with Crippen molar-refractivity contribution >= 4 is 32.7 Å². The van der Waals surface area contributed by atoms with Gasteiger partial charge >= 0.3 is 0 Å². The maximum Gasteiger partial charge on any atom is 0.268 e. The number of nitrogens with one attached hydrogen (secondary N) is 3. The number of rotatable bonds is 7. The number of sulfonamides is 1. The van der Waals surface area contributed by atoms with Crippen molar-refractivity contribution in [3.05, 3.63) is 65.9 Å². The van der Waals surface area contributed by atoms with Gasteiger partial charge in [0.15, 0.2) is 0 Å². The van der Waals surface area contributed by atoms with Crippen molar-refractivity contribution in [2.24, 2.45) is 5.92 Å². The van der Waals surface area contributed by atoms with E-state index in [1.165, 1.54) is 4.31 Å². The van der Waals surface area contributed by atoms with Gasteiger partial charge in [0.2, 0.25) is 15.9 Å². The summed E-state index contributed by atoms with van der Waals surface area (Å²) in [5.41, 5.74) is 2.29. The molecule has 196 valence electrons. The number of benzene rings is 2. The molecule has 37 heavy (non-hydrogen) atoms. The van der Waals surface area contributed by atoms with Gasteiger partial charge in [0, 0.05) is 36.6 Å². The summed E-state index contributed by atoms with van der Waals surface area (Å²) in [4.78, 5) is 32.0. The normalized spacial score (nSPS) is 22.9. The molecule has 2 amide bonds. The standard InChI is InChI=1S/C27H33N5O4S/c1-18-10-11-23-19(13-18)14-24(29-23)27(34)30-25-17-32(37(35,36)21-8-4-3-5-9-21)16-22(25)26(33)28-15-20-7-6-12-31(20)2/h3-5,8-11,13-14,20,22,25,29H,6-7,12,15-17H2,1-2H3,(H,28,33)(H,30,34)/t20-,22-,25-/m0/s1. The highest BCUT2D eigenvalue weighted by molar-refractivity contribution is 7.89. The second-order valence-electron chi connectivity index (χ2n) is 10.1. The Morgan fingerprint density at radius 3 is 2.59 bits per heavy atom. The number of hydrogen-bond donors (Lipinski definition) is 3. The van der Waals surface area contributed by atoms with Crippen LogP contribution in [0.25, 0.3) is 10.9 Å². The van der Waals surface area contributed by atoms with Crippen LogP contribution >= 0.6 is 0 Å². The number of H-pyrrole nitrogens is 1. The van der Waals surface area contributed by atoms with Gasteiger partial charge in [0.05, 0.1) is 16.9 Å². The lowest BCUT2D eigenvalue weighted by atomic mass is 10.0. The molecule has 9 nitrogen and oxygen atoms in total. The van der Waals surface area contributed by atoms with E-state index in [2.05, 4.69) is 20.5 Å². The average molecular weight is 524 g/mol. The molecule has 3 aromatic rings. The predicted molar refractivity (Wildman–Crippen MR) is 142 cm³/mol. The predicted octanol–water partition coefficient (Wildman–Crippen LogP) is 2.11. The number of carbonyl (C=O) groups excluding carboxylic acids is 2. The number of amides is 2. The molecule has 3 N–H and O–H groups in total. The van der Waals surface area contributed by atoms with Crippen LogP contribution in [-0.4, -0.2) is 79.7 Å². The van der Waals surface area contributed by atoms with Gasteiger partial charge in [0.1, 0.15) is 5.69 Å². The van der Waals surface area contributed by atoms with Crippen LogP contribution in [-0.2, 0) is 14.8 Å². The van der Waals surface area contributed by atoms with E-state index in [4.69, 9.17) is 0 Å². The molecule has 0 unspecified atom stereocenters. The van der Waals surface area contributed by atoms with E-state index >= 15 is 0 Å². The first-order chi connectivity index (χ1) is 17.7. The van der Waals surface area contributed by atoms with Crippen molar-refractivity contribution in [1.82, 2.24) is 24.8 Å². The first-order valence-electron chi connectivity index (χ1n) is 12.7. The summed E-state index contributed by atoms with van der Waals surface area (Å²) < 4.78 is 28.0. The zero-order valence-electron chi connectivity index (χ0n) is 21.1. The molecule has 2 aromatic carbocycles. The van der Waals surface area contributed by atoms with Crippen LogP contribution in [0.15, 0.2) is 59.5 Å². The maximum absolute atomic E-state index is 13.3. The van der Waals surface area contributed by atoms with Gasteiger partial charge < -0.3 is 20.5 Å². The maximum atomic E-state index is 13.3. The topological polar surface area (TPSA) is 115 Å². The number of carbonyl (C=O) groups is 2. The summed E-state index contributed by atoms with van der Waals surface area (Å²) >= 11 is 0. The van der Waals surface area contributed by atoms with Gasteiger partial charge in [-0.25, -0.2) is 8.42 Å². The van der Waals surface area contributed by atoms with Crippen LogP contribution < -0.4 is 10.6 Å². The van der Waals surface area contributed by atoms with Gasteiger partial charge in [-0.15, -0.1) is 0 Å². The first-order valence-corrected chi connectivity index (χ1v) is 14.1. The van der Waals surface area contributed by atoms with Crippen LogP contribution in [0.3, 0.4) is 0 Å². The molecule has 3 heterocycles. The van der Waals surface area contributed by atoms with Crippen molar-refractivity contribution < 1.29 is 18.0 Å². The molecule has 1 aromatic heterocycles. The molecular formula is C27H33N5O4S. The Balaban J connectivity index is 1.36. The second kappa shape index (κ2) is 10.3. The van der Waals surface area contributed by atoms with Crippen LogP contribution in [0.5, 0.6) is 0 Å². The lowest BCUT2D eigenvalue weighted by Crippen LogP contribution is -2.48. The van der Waals surface area contributed by atoms with Crippen molar-refractivity contribution in [2.45, 2.75) is 36.7 Å². The van der Waals surface area contributed by atoms with Gasteiger partial charge in [-0.2, -0.15) is 4.31 Å². The molecule has 2 saturated heterocycles. The van der Waals surface area contributed by atoms with Crippen LogP contribution in [0.4, 0.5) is 0 Å². The minimum atomic E-state index is -3.82. The van der Waals surface area contributed by atoms with E-state index in [1.807, 2.05) is 32.2 Å². The summed E-state index contributed by atoms with van der Waals surface area (Å²) in [6.07, 6.45) is 2.10. The van der Waals surface area contributed by atoms with E-state index in [1.54, 1.807) is 36.4 Å². The van der Waals surface area contributed by atoms with E-state index in [-0.39, 0.29) is 35.8 Å². The van der Waals surface area contributed by atoms with Crippen LogP contribution in [0.1, 0.15) is 28.9 Å². The van der Waals surface area contributed by atoms with E-state index in [0.29, 0.717) is 12.2 Å². The van der Waals surface area contributed by atoms with E-state index in [9.17, 15) is 18.0 Å². The molecule has 2 fully saturated rings. The van der Waals surface area contributed by atoms with Crippen molar-refractivity contribution in [3.8, 4) is 0 Å². The fourth-order valence-electron chi connectivity index (χ4n) is 5.32. The highest BCUT2D eigenvalue weighted by atomic mass is 32.2. The number of likely N-dealkylation sites (N-methyl/N-ethyl adjacent to an activating group) is 1. The number of fused-ring (bicyclic) bond motifs is 1. The SMILES string of the molecule is Cc1ccc2[nH]c(C(=O)N[C@H]3CN(S(=O)(=O)c4ccccc4)C[C@@H]3C(=O)NC[C@@H]3CCCN3C)cc2c1. The number of likely N-dealkylation sites (tertiary alicyclic amines) is 1. The first kappa shape index (κ1) is 25.4. The molecule has 2 aliphatic heterocycles. The average Bonchev–Trinajstić information content (AvgIpc) is 3.61. The number of hydrogen-bond acceptors (Lipinski definition) is 5. The third-order valence-electron chi connectivity index (χ3n) is 7.52. The molecular weight excluding hydrogens is 490 g/mol. The van der Waals surface area contributed by atoms with E-state index in [0.717, 1.165) is 35.9 Å². The molecule has 3 atom stereocenters. The molecule has 0 radical (unpaired) electrons. The molecule has 5 rings (SSSR count). The summed E-state index contributed by atoms with van der Waals surface area (Å²) in [5, 5.41) is 6.88. The van der Waals surface area contributed by atoms with Crippen molar-refractivity contribution in [2.75, 3.05) is 33.2 Å². The van der Waals surface area contributed by atoms with Gasteiger partial charge in [0.25, 0.3) is 5.91 Å². The van der Waals surface area contributed by atoms with Gasteiger partial charge in [-0.1, -0.05) is 29.8 Å². The fraction of sp³-hybridized carbons (Fsp3) is 0.407. The number of nitrogens with zero attached hydrogens (tertiary/aromatic N) is 2. The molecule has 0 bridgehead atoms. The number of aryl methyl sites for hydroxylation is 1. The highest BCUT2D eigenvalue weighted by Crippen LogP contribution is 2.26. The van der Waals surface area contributed by atoms with E-state index < -0.39 is 22.0 Å². The summed E-state index contributed by atoms with van der Waals surface area (Å²) in [6, 6.07) is 15.4. The Labute approximate surface area is 217 Å². The summed E-state index contributed by atoms with van der Waals surface area (Å²) in [6.45, 7) is 3.50. The smallest absolute Gasteiger partial charge is 0.268 e. The number of aromatic amines is 1. The Kier molecular flexibility index (Phi) is 7.06. The van der Waals surface area contributed by atoms with Crippen LogP contribution in [0, 0.1) is 12.8 Å². The Hall–Kier alpha value is -3.21. The Morgan fingerprint density at radius 2 is 1.86 bits per heavy atom.